The number of aromatic nitrogens is 3. The van der Waals surface area contributed by atoms with E-state index in [0.29, 0.717) is 29.2 Å². The summed E-state index contributed by atoms with van der Waals surface area (Å²) < 4.78 is 0. The molecule has 0 spiro atoms. The standard InChI is InChI=1S/C29H27Cl2N7O5/c30-18-3-1-2-15(10-18)13-32-25(39)16-4-9-22(31)23(12-16)36-26(40)21-11-17-14-33-28(38-24(17)37-27(21)41)34-19-5-7-20(8-6-19)35-29(42)43/h1-4,9-12,14,19-20,35H,5-8,13H2,(H,32,39)(H,36,40)(H,42,43)(H2,33,34,37,38,41). The zero-order valence-electron chi connectivity index (χ0n) is 22.6. The van der Waals surface area contributed by atoms with Crippen molar-refractivity contribution in [2.24, 2.45) is 0 Å². The van der Waals surface area contributed by atoms with Crippen LogP contribution < -0.4 is 26.8 Å². The fraction of sp³-hybridized carbons (Fsp3) is 0.241. The van der Waals surface area contributed by atoms with Crippen LogP contribution in [0.2, 0.25) is 10.0 Å². The Morgan fingerprint density at radius 2 is 1.74 bits per heavy atom. The van der Waals surface area contributed by atoms with Crippen molar-refractivity contribution in [2.75, 3.05) is 10.6 Å². The molecule has 2 aromatic carbocycles. The molecule has 5 rings (SSSR count). The molecule has 0 atom stereocenters. The topological polar surface area (TPSA) is 178 Å². The molecule has 6 N–H and O–H groups in total. The Morgan fingerprint density at radius 1 is 0.977 bits per heavy atom. The second-order valence-corrected chi connectivity index (χ2v) is 11.0. The Balaban J connectivity index is 1.25. The van der Waals surface area contributed by atoms with E-state index in [0.717, 1.165) is 18.4 Å². The highest BCUT2D eigenvalue weighted by Crippen LogP contribution is 2.25. The minimum atomic E-state index is -1.03. The Bertz CT molecular complexity index is 1760. The smallest absolute Gasteiger partial charge is 0.404 e. The maximum Gasteiger partial charge on any atom is 0.404 e. The highest BCUT2D eigenvalue weighted by atomic mass is 35.5. The number of carbonyl (C=O) groups excluding carboxylic acids is 2. The molecule has 222 valence electrons. The van der Waals surface area contributed by atoms with Gasteiger partial charge in [-0.2, -0.15) is 4.98 Å². The zero-order chi connectivity index (χ0) is 30.5. The summed E-state index contributed by atoms with van der Waals surface area (Å²) >= 11 is 12.3. The van der Waals surface area contributed by atoms with Crippen LogP contribution in [-0.4, -0.2) is 50.0 Å². The van der Waals surface area contributed by atoms with E-state index in [1.165, 1.54) is 30.5 Å². The summed E-state index contributed by atoms with van der Waals surface area (Å²) in [6.07, 6.45) is 3.30. The third-order valence-electron chi connectivity index (χ3n) is 7.04. The molecule has 43 heavy (non-hydrogen) atoms. The van der Waals surface area contributed by atoms with Crippen molar-refractivity contribution in [2.45, 2.75) is 44.3 Å². The van der Waals surface area contributed by atoms with Crippen LogP contribution >= 0.6 is 23.2 Å². The van der Waals surface area contributed by atoms with Gasteiger partial charge in [0.15, 0.2) is 0 Å². The number of anilines is 2. The van der Waals surface area contributed by atoms with Gasteiger partial charge in [0.2, 0.25) is 5.95 Å². The number of fused-ring (bicyclic) bond motifs is 1. The minimum absolute atomic E-state index is 0.0560. The van der Waals surface area contributed by atoms with Gasteiger partial charge in [-0.15, -0.1) is 0 Å². The molecule has 2 aromatic heterocycles. The van der Waals surface area contributed by atoms with Crippen molar-refractivity contribution in [3.63, 3.8) is 0 Å². The normalized spacial score (nSPS) is 16.3. The first-order valence-corrected chi connectivity index (χ1v) is 14.2. The van der Waals surface area contributed by atoms with Crippen LogP contribution in [0.25, 0.3) is 11.0 Å². The van der Waals surface area contributed by atoms with E-state index >= 15 is 0 Å². The number of carbonyl (C=O) groups is 3. The van der Waals surface area contributed by atoms with Gasteiger partial charge in [0, 0.05) is 40.8 Å². The van der Waals surface area contributed by atoms with Crippen LogP contribution in [0.4, 0.5) is 16.4 Å². The average Bonchev–Trinajstić information content (AvgIpc) is 2.97. The van der Waals surface area contributed by atoms with Gasteiger partial charge in [0.25, 0.3) is 17.4 Å². The van der Waals surface area contributed by atoms with Crippen LogP contribution in [0.3, 0.4) is 0 Å². The monoisotopic (exact) mass is 623 g/mol. The maximum absolute atomic E-state index is 13.1. The van der Waals surface area contributed by atoms with Crippen LogP contribution in [0, 0.1) is 0 Å². The number of hydrogen-bond donors (Lipinski definition) is 6. The van der Waals surface area contributed by atoms with E-state index in [2.05, 4.69) is 36.2 Å². The molecule has 1 saturated carbocycles. The molecule has 1 aliphatic rings. The molecule has 0 bridgehead atoms. The van der Waals surface area contributed by atoms with Crippen molar-refractivity contribution < 1.29 is 19.5 Å². The first-order chi connectivity index (χ1) is 20.6. The molecular weight excluding hydrogens is 597 g/mol. The molecule has 0 radical (unpaired) electrons. The Hall–Kier alpha value is -4.68. The van der Waals surface area contributed by atoms with Crippen LogP contribution in [0.1, 0.15) is 52.0 Å². The third kappa shape index (κ3) is 7.59. The van der Waals surface area contributed by atoms with E-state index in [4.69, 9.17) is 28.3 Å². The summed E-state index contributed by atoms with van der Waals surface area (Å²) in [5.41, 5.74) is 0.634. The molecule has 0 saturated heterocycles. The number of amides is 3. The molecule has 0 unspecified atom stereocenters. The van der Waals surface area contributed by atoms with Gasteiger partial charge in [0.1, 0.15) is 11.2 Å². The molecule has 12 nitrogen and oxygen atoms in total. The van der Waals surface area contributed by atoms with E-state index in [-0.39, 0.29) is 52.0 Å². The van der Waals surface area contributed by atoms with Crippen molar-refractivity contribution in [1.29, 1.82) is 0 Å². The number of carboxylic acid groups (broad SMARTS) is 1. The van der Waals surface area contributed by atoms with Gasteiger partial charge in [-0.25, -0.2) is 9.78 Å². The van der Waals surface area contributed by atoms with E-state index < -0.39 is 17.6 Å². The van der Waals surface area contributed by atoms with Crippen molar-refractivity contribution in [3.05, 3.63) is 91.8 Å². The van der Waals surface area contributed by atoms with Crippen molar-refractivity contribution in [1.82, 2.24) is 25.6 Å². The number of rotatable bonds is 8. The molecule has 0 aliphatic heterocycles. The first-order valence-electron chi connectivity index (χ1n) is 13.4. The number of benzene rings is 2. The van der Waals surface area contributed by atoms with Crippen LogP contribution in [0.5, 0.6) is 0 Å². The number of pyridine rings is 1. The lowest BCUT2D eigenvalue weighted by atomic mass is 9.91. The molecule has 14 heteroatoms. The SMILES string of the molecule is O=C(O)NC1CCC(Nc2ncc3cc(C(=O)Nc4cc(C(=O)NCc5cccc(Cl)c5)ccc4Cl)c(=O)[nH]c3n2)CC1. The molecule has 3 amide bonds. The Labute approximate surface area is 255 Å². The summed E-state index contributed by atoms with van der Waals surface area (Å²) in [4.78, 5) is 60.8. The lowest BCUT2D eigenvalue weighted by Gasteiger charge is -2.28. The van der Waals surface area contributed by atoms with Gasteiger partial charge in [-0.05, 0) is 67.6 Å². The summed E-state index contributed by atoms with van der Waals surface area (Å²) in [6.45, 7) is 0.251. The number of halogens is 2. The lowest BCUT2D eigenvalue weighted by molar-refractivity contribution is 0.0949. The lowest BCUT2D eigenvalue weighted by Crippen LogP contribution is -2.39. The number of H-pyrrole nitrogens is 1. The zero-order valence-corrected chi connectivity index (χ0v) is 24.1. The largest absolute Gasteiger partial charge is 0.465 e. The highest BCUT2D eigenvalue weighted by molar-refractivity contribution is 6.34. The maximum atomic E-state index is 13.1. The minimum Gasteiger partial charge on any atom is -0.465 e. The number of nitrogens with zero attached hydrogens (tertiary/aromatic N) is 2. The van der Waals surface area contributed by atoms with Gasteiger partial charge in [0.05, 0.1) is 10.7 Å². The summed E-state index contributed by atoms with van der Waals surface area (Å²) in [7, 11) is 0. The number of hydrogen-bond acceptors (Lipinski definition) is 7. The molecule has 1 aliphatic carbocycles. The summed E-state index contributed by atoms with van der Waals surface area (Å²) in [5.74, 6) is -0.801. The van der Waals surface area contributed by atoms with Gasteiger partial charge >= 0.3 is 6.09 Å². The predicted octanol–water partition coefficient (Wildman–Crippen LogP) is 4.80. The van der Waals surface area contributed by atoms with Gasteiger partial charge in [-0.1, -0.05) is 35.3 Å². The van der Waals surface area contributed by atoms with Crippen molar-refractivity contribution >= 4 is 63.8 Å². The van der Waals surface area contributed by atoms with E-state index in [1.807, 2.05) is 6.07 Å². The molecular formula is C29H27Cl2N7O5. The second kappa shape index (κ2) is 13.1. The summed E-state index contributed by atoms with van der Waals surface area (Å²) in [6, 6.07) is 12.9. The van der Waals surface area contributed by atoms with Gasteiger partial charge < -0.3 is 31.4 Å². The predicted molar refractivity (Wildman–Crippen MR) is 163 cm³/mol. The Morgan fingerprint density at radius 3 is 2.49 bits per heavy atom. The quantitative estimate of drug-likeness (QED) is 0.162. The van der Waals surface area contributed by atoms with E-state index in [9.17, 15) is 19.2 Å². The first kappa shape index (κ1) is 29.8. The van der Waals surface area contributed by atoms with Gasteiger partial charge in [-0.3, -0.25) is 14.4 Å². The summed E-state index contributed by atoms with van der Waals surface area (Å²) in [5, 5.41) is 21.2. The fourth-order valence-corrected chi connectivity index (χ4v) is 5.23. The number of nitrogens with one attached hydrogen (secondary N) is 5. The number of aromatic amines is 1. The molecule has 2 heterocycles. The highest BCUT2D eigenvalue weighted by Gasteiger charge is 2.23. The van der Waals surface area contributed by atoms with E-state index in [1.54, 1.807) is 18.2 Å². The van der Waals surface area contributed by atoms with Crippen LogP contribution in [0.15, 0.2) is 59.5 Å². The Kier molecular flexibility index (Phi) is 9.07. The second-order valence-electron chi connectivity index (χ2n) is 10.1. The molecule has 1 fully saturated rings. The fourth-order valence-electron chi connectivity index (χ4n) is 4.85. The van der Waals surface area contributed by atoms with Crippen molar-refractivity contribution in [3.8, 4) is 0 Å². The van der Waals surface area contributed by atoms with Crippen LogP contribution in [-0.2, 0) is 6.54 Å². The molecule has 4 aromatic rings. The average molecular weight is 624 g/mol. The third-order valence-corrected chi connectivity index (χ3v) is 7.61.